The summed E-state index contributed by atoms with van der Waals surface area (Å²) in [6.07, 6.45) is 3.11. The van der Waals surface area contributed by atoms with E-state index in [-0.39, 0.29) is 5.84 Å². The molecule has 5 nitrogen and oxygen atoms in total. The van der Waals surface area contributed by atoms with Crippen molar-refractivity contribution in [3.05, 3.63) is 47.9 Å². The van der Waals surface area contributed by atoms with E-state index in [2.05, 4.69) is 16.0 Å². The second-order valence-electron chi connectivity index (χ2n) is 4.07. The normalized spacial score (nSPS) is 10.1. The molecule has 5 heteroatoms. The van der Waals surface area contributed by atoms with Crippen molar-refractivity contribution in [2.75, 3.05) is 11.9 Å². The summed E-state index contributed by atoms with van der Waals surface area (Å²) < 4.78 is 0. The van der Waals surface area contributed by atoms with Crippen LogP contribution in [-0.4, -0.2) is 22.9 Å². The van der Waals surface area contributed by atoms with Gasteiger partial charge >= 0.3 is 0 Å². The van der Waals surface area contributed by atoms with Gasteiger partial charge in [0.25, 0.3) is 0 Å². The molecule has 3 N–H and O–H groups in total. The minimum atomic E-state index is -0.0766. The fourth-order valence-electron chi connectivity index (χ4n) is 1.60. The topological polar surface area (TPSA) is 78.9 Å². The Morgan fingerprint density at radius 2 is 2.06 bits per heavy atom. The first kappa shape index (κ1) is 12.0. The molecule has 0 aliphatic carbocycles. The van der Waals surface area contributed by atoms with Crippen molar-refractivity contribution < 1.29 is 0 Å². The fourth-order valence-corrected chi connectivity index (χ4v) is 1.60. The van der Waals surface area contributed by atoms with Crippen LogP contribution in [0.3, 0.4) is 0 Å². The van der Waals surface area contributed by atoms with E-state index < -0.39 is 0 Å². The van der Waals surface area contributed by atoms with Crippen LogP contribution in [0.5, 0.6) is 0 Å². The summed E-state index contributed by atoms with van der Waals surface area (Å²) in [7, 11) is 1.92. The lowest BCUT2D eigenvalue weighted by molar-refractivity contribution is 1.07. The van der Waals surface area contributed by atoms with Crippen molar-refractivity contribution in [3.63, 3.8) is 0 Å². The van der Waals surface area contributed by atoms with Crippen molar-refractivity contribution in [1.82, 2.24) is 9.97 Å². The number of aryl methyl sites for hydroxylation is 1. The highest BCUT2D eigenvalue weighted by molar-refractivity contribution is 5.92. The molecule has 0 unspecified atom stereocenters. The highest BCUT2D eigenvalue weighted by Crippen LogP contribution is 2.21. The Kier molecular flexibility index (Phi) is 3.23. The SMILES string of the molecule is Cc1cccc(N(C)c2cnc(C(=N)N)cn2)c1. The fraction of sp³-hybridized carbons (Fsp3) is 0.154. The van der Waals surface area contributed by atoms with Gasteiger partial charge in [-0.05, 0) is 24.6 Å². The molecule has 1 heterocycles. The quantitative estimate of drug-likeness (QED) is 0.634. The highest BCUT2D eigenvalue weighted by Gasteiger charge is 2.06. The number of nitrogens with two attached hydrogens (primary N) is 1. The van der Waals surface area contributed by atoms with Gasteiger partial charge < -0.3 is 10.6 Å². The van der Waals surface area contributed by atoms with Gasteiger partial charge in [0.15, 0.2) is 5.82 Å². The van der Waals surface area contributed by atoms with Gasteiger partial charge in [-0.2, -0.15) is 0 Å². The van der Waals surface area contributed by atoms with Crippen LogP contribution < -0.4 is 10.6 Å². The zero-order valence-electron chi connectivity index (χ0n) is 10.4. The number of amidine groups is 1. The largest absolute Gasteiger partial charge is 0.382 e. The number of anilines is 2. The van der Waals surface area contributed by atoms with E-state index in [1.807, 2.05) is 37.1 Å². The van der Waals surface area contributed by atoms with E-state index in [1.54, 1.807) is 6.20 Å². The molecule has 0 spiro atoms. The maximum absolute atomic E-state index is 7.27. The molecule has 0 fully saturated rings. The number of nitrogen functional groups attached to an aromatic ring is 1. The number of hydrogen-bond acceptors (Lipinski definition) is 4. The zero-order valence-corrected chi connectivity index (χ0v) is 10.4. The molecule has 92 valence electrons. The van der Waals surface area contributed by atoms with Crippen molar-refractivity contribution in [1.29, 1.82) is 5.41 Å². The van der Waals surface area contributed by atoms with E-state index >= 15 is 0 Å². The molecule has 0 amide bonds. The maximum atomic E-state index is 7.27. The second kappa shape index (κ2) is 4.83. The summed E-state index contributed by atoms with van der Waals surface area (Å²) >= 11 is 0. The van der Waals surface area contributed by atoms with Gasteiger partial charge in [-0.3, -0.25) is 5.41 Å². The molecule has 18 heavy (non-hydrogen) atoms. The molecule has 0 saturated carbocycles. The number of benzene rings is 1. The Balaban J connectivity index is 2.28. The van der Waals surface area contributed by atoms with Crippen molar-refractivity contribution in [2.24, 2.45) is 5.73 Å². The van der Waals surface area contributed by atoms with Crippen LogP contribution in [0.25, 0.3) is 0 Å². The third-order valence-corrected chi connectivity index (χ3v) is 2.65. The minimum absolute atomic E-state index is 0.0766. The summed E-state index contributed by atoms with van der Waals surface area (Å²) in [6.45, 7) is 2.04. The summed E-state index contributed by atoms with van der Waals surface area (Å²) in [5.41, 5.74) is 7.95. The van der Waals surface area contributed by atoms with Gasteiger partial charge in [-0.25, -0.2) is 9.97 Å². The zero-order chi connectivity index (χ0) is 13.1. The molecule has 0 bridgehead atoms. The lowest BCUT2D eigenvalue weighted by atomic mass is 10.2. The first-order valence-corrected chi connectivity index (χ1v) is 5.55. The lowest BCUT2D eigenvalue weighted by Gasteiger charge is -2.18. The number of nitrogens with zero attached hydrogens (tertiary/aromatic N) is 3. The van der Waals surface area contributed by atoms with Crippen LogP contribution in [0.15, 0.2) is 36.7 Å². The first-order chi connectivity index (χ1) is 8.58. The summed E-state index contributed by atoms with van der Waals surface area (Å²) in [5.74, 6) is 0.637. The lowest BCUT2D eigenvalue weighted by Crippen LogP contribution is -2.16. The summed E-state index contributed by atoms with van der Waals surface area (Å²) in [4.78, 5) is 10.3. The van der Waals surface area contributed by atoms with Crippen LogP contribution in [-0.2, 0) is 0 Å². The second-order valence-corrected chi connectivity index (χ2v) is 4.07. The monoisotopic (exact) mass is 241 g/mol. The smallest absolute Gasteiger partial charge is 0.151 e. The summed E-state index contributed by atoms with van der Waals surface area (Å²) in [5, 5.41) is 7.27. The van der Waals surface area contributed by atoms with Crippen molar-refractivity contribution in [2.45, 2.75) is 6.92 Å². The maximum Gasteiger partial charge on any atom is 0.151 e. The molecule has 2 aromatic rings. The highest BCUT2D eigenvalue weighted by atomic mass is 15.2. The minimum Gasteiger partial charge on any atom is -0.382 e. The van der Waals surface area contributed by atoms with Gasteiger partial charge in [0.2, 0.25) is 0 Å². The van der Waals surface area contributed by atoms with Gasteiger partial charge in [0, 0.05) is 12.7 Å². The van der Waals surface area contributed by atoms with Crippen LogP contribution >= 0.6 is 0 Å². The Labute approximate surface area is 106 Å². The van der Waals surface area contributed by atoms with E-state index in [1.165, 1.54) is 11.8 Å². The Bertz CT molecular complexity index is 562. The van der Waals surface area contributed by atoms with Crippen LogP contribution in [0.1, 0.15) is 11.3 Å². The number of rotatable bonds is 3. The molecule has 0 saturated heterocycles. The molecule has 2 rings (SSSR count). The molecule has 0 atom stereocenters. The molecule has 0 aliphatic rings. The van der Waals surface area contributed by atoms with E-state index in [0.29, 0.717) is 11.5 Å². The van der Waals surface area contributed by atoms with Gasteiger partial charge in [-0.15, -0.1) is 0 Å². The molecule has 1 aromatic carbocycles. The van der Waals surface area contributed by atoms with Crippen LogP contribution in [0.4, 0.5) is 11.5 Å². The van der Waals surface area contributed by atoms with E-state index in [0.717, 1.165) is 5.69 Å². The van der Waals surface area contributed by atoms with Gasteiger partial charge in [-0.1, -0.05) is 12.1 Å². The Morgan fingerprint density at radius 3 is 2.61 bits per heavy atom. The van der Waals surface area contributed by atoms with Gasteiger partial charge in [0.1, 0.15) is 11.5 Å². The molecule has 1 aromatic heterocycles. The van der Waals surface area contributed by atoms with Crippen molar-refractivity contribution >= 4 is 17.3 Å². The predicted octanol–water partition coefficient (Wildman–Crippen LogP) is 1.84. The van der Waals surface area contributed by atoms with Crippen LogP contribution in [0.2, 0.25) is 0 Å². The van der Waals surface area contributed by atoms with Crippen molar-refractivity contribution in [3.8, 4) is 0 Å². The number of nitrogens with one attached hydrogen (secondary N) is 1. The third-order valence-electron chi connectivity index (χ3n) is 2.65. The summed E-state index contributed by atoms with van der Waals surface area (Å²) in [6, 6.07) is 8.12. The molecular weight excluding hydrogens is 226 g/mol. The molecular formula is C13H15N5. The average molecular weight is 241 g/mol. The van der Waals surface area contributed by atoms with Crippen LogP contribution in [0, 0.1) is 12.3 Å². The Hall–Kier alpha value is -2.43. The third kappa shape index (κ3) is 2.45. The average Bonchev–Trinajstić information content (AvgIpc) is 2.38. The molecule has 0 aliphatic heterocycles. The first-order valence-electron chi connectivity index (χ1n) is 5.55. The number of aromatic nitrogens is 2. The standard InChI is InChI=1S/C13H15N5/c1-9-4-3-5-10(6-9)18(2)12-8-16-11(7-17-12)13(14)15/h3-8H,1-2H3,(H3,14,15). The van der Waals surface area contributed by atoms with E-state index in [9.17, 15) is 0 Å². The number of hydrogen-bond donors (Lipinski definition) is 2. The predicted molar refractivity (Wildman–Crippen MR) is 72.3 cm³/mol. The van der Waals surface area contributed by atoms with E-state index in [4.69, 9.17) is 11.1 Å². The van der Waals surface area contributed by atoms with Gasteiger partial charge in [0.05, 0.1) is 12.4 Å². The molecule has 0 radical (unpaired) electrons. The Morgan fingerprint density at radius 1 is 1.28 bits per heavy atom.